The van der Waals surface area contributed by atoms with Gasteiger partial charge in [-0.2, -0.15) is 0 Å². The molecule has 14 heteroatoms. The number of hydrogen-bond acceptors (Lipinski definition) is 10. The van der Waals surface area contributed by atoms with Crippen LogP contribution in [0.1, 0.15) is 0 Å². The first-order valence-corrected chi connectivity index (χ1v) is 4.12. The van der Waals surface area contributed by atoms with E-state index < -0.39 is 48.9 Å². The number of carbonyl (C=O) groups is 1. The van der Waals surface area contributed by atoms with Crippen molar-refractivity contribution in [3.05, 3.63) is 52.0 Å². The number of hydrogen-bond donors (Lipinski definition) is 0. The zero-order valence-corrected chi connectivity index (χ0v) is 8.49. The number of Topliss-reactive ketones (excluding diaryl/α,β-unsaturated/α-hetero) is 1. The quantitative estimate of drug-likeness (QED) is 0.438. The molecule has 0 aliphatic carbocycles. The van der Waals surface area contributed by atoms with Crippen LogP contribution in [0, 0.1) is 40.5 Å². The first-order chi connectivity index (χ1) is 8.68. The van der Waals surface area contributed by atoms with E-state index in [2.05, 4.69) is 4.99 Å². The SMILES string of the molecule is O=C1C([N+](=O)[O-])=C([N+](=O)[O-])N=C([N+](=O)[O-])C1[N+](=O)[O-]. The number of aliphatic imine (C=N–C) groups is 1. The van der Waals surface area contributed by atoms with Gasteiger partial charge in [-0.05, 0) is 9.85 Å². The second-order valence-corrected chi connectivity index (χ2v) is 2.97. The summed E-state index contributed by atoms with van der Waals surface area (Å²) < 4.78 is 0. The minimum absolute atomic E-state index is 1.48. The van der Waals surface area contributed by atoms with Crippen molar-refractivity contribution in [1.82, 2.24) is 0 Å². The van der Waals surface area contributed by atoms with Gasteiger partial charge >= 0.3 is 29.2 Å². The molecule has 0 aromatic rings. The Morgan fingerprint density at radius 2 is 1.42 bits per heavy atom. The van der Waals surface area contributed by atoms with Crippen LogP contribution in [0.5, 0.6) is 0 Å². The summed E-state index contributed by atoms with van der Waals surface area (Å²) in [7, 11) is 0. The van der Waals surface area contributed by atoms with E-state index in [-0.39, 0.29) is 0 Å². The fourth-order valence-corrected chi connectivity index (χ4v) is 1.21. The third kappa shape index (κ3) is 2.21. The summed E-state index contributed by atoms with van der Waals surface area (Å²) in [5.41, 5.74) is -1.77. The average molecular weight is 275 g/mol. The van der Waals surface area contributed by atoms with Crippen molar-refractivity contribution >= 4 is 11.6 Å². The number of carbonyl (C=O) groups excluding carboxylic acids is 1. The van der Waals surface area contributed by atoms with E-state index in [1.54, 1.807) is 0 Å². The van der Waals surface area contributed by atoms with Crippen LogP contribution in [0.25, 0.3) is 0 Å². The largest absolute Gasteiger partial charge is 0.451 e. The molecule has 1 aliphatic rings. The number of nitro groups is 4. The molecule has 1 rings (SSSR count). The fourth-order valence-electron chi connectivity index (χ4n) is 1.21. The molecule has 1 heterocycles. The third-order valence-corrected chi connectivity index (χ3v) is 1.91. The van der Waals surface area contributed by atoms with Gasteiger partial charge in [0.2, 0.25) is 0 Å². The highest BCUT2D eigenvalue weighted by molar-refractivity contribution is 6.12. The van der Waals surface area contributed by atoms with Gasteiger partial charge in [0.15, 0.2) is 0 Å². The van der Waals surface area contributed by atoms with Gasteiger partial charge in [0.1, 0.15) is 0 Å². The molecule has 0 aromatic carbocycles. The normalized spacial score (nSPS) is 18.8. The minimum atomic E-state index is -2.75. The summed E-state index contributed by atoms with van der Waals surface area (Å²) >= 11 is 0. The zero-order chi connectivity index (χ0) is 14.9. The van der Waals surface area contributed by atoms with E-state index in [0.29, 0.717) is 0 Å². The Morgan fingerprint density at radius 1 is 0.895 bits per heavy atom. The second kappa shape index (κ2) is 4.51. The molecule has 1 atom stereocenters. The molecule has 0 bridgehead atoms. The molecule has 0 saturated carbocycles. The van der Waals surface area contributed by atoms with Crippen molar-refractivity contribution < 1.29 is 24.5 Å². The molecule has 14 nitrogen and oxygen atoms in total. The summed E-state index contributed by atoms with van der Waals surface area (Å²) in [6, 6.07) is -2.75. The predicted molar refractivity (Wildman–Crippen MR) is 51.2 cm³/mol. The summed E-state index contributed by atoms with van der Waals surface area (Å²) in [6.45, 7) is 0. The lowest BCUT2D eigenvalue weighted by molar-refractivity contribution is -0.515. The first kappa shape index (κ1) is 13.7. The van der Waals surface area contributed by atoms with Gasteiger partial charge in [-0.25, -0.2) is 0 Å². The zero-order valence-electron chi connectivity index (χ0n) is 8.49. The molecule has 0 N–H and O–H groups in total. The molecule has 0 amide bonds. The van der Waals surface area contributed by atoms with Gasteiger partial charge < -0.3 is 20.2 Å². The van der Waals surface area contributed by atoms with Gasteiger partial charge in [-0.3, -0.25) is 25.0 Å². The van der Waals surface area contributed by atoms with Crippen molar-refractivity contribution in [3.63, 3.8) is 0 Å². The maximum atomic E-state index is 11.4. The van der Waals surface area contributed by atoms with Gasteiger partial charge in [-0.1, -0.05) is 0 Å². The van der Waals surface area contributed by atoms with Crippen LogP contribution < -0.4 is 0 Å². The van der Waals surface area contributed by atoms with Crippen LogP contribution in [0.3, 0.4) is 0 Å². The van der Waals surface area contributed by atoms with Crippen LogP contribution in [-0.4, -0.2) is 37.4 Å². The molecule has 1 aliphatic heterocycles. The molecule has 100 valence electrons. The van der Waals surface area contributed by atoms with Crippen LogP contribution in [0.2, 0.25) is 0 Å². The van der Waals surface area contributed by atoms with Gasteiger partial charge in [-0.15, -0.1) is 0 Å². The van der Waals surface area contributed by atoms with Gasteiger partial charge in [0.05, 0.1) is 4.92 Å². The fraction of sp³-hybridized carbons (Fsp3) is 0.200. The van der Waals surface area contributed by atoms with Crippen molar-refractivity contribution in [1.29, 1.82) is 0 Å². The highest BCUT2D eigenvalue weighted by Crippen LogP contribution is 2.20. The van der Waals surface area contributed by atoms with Crippen molar-refractivity contribution in [2.45, 2.75) is 6.04 Å². The predicted octanol–water partition coefficient (Wildman–Crippen LogP) is -1.39. The number of nitrogens with zero attached hydrogens (tertiary/aromatic N) is 5. The van der Waals surface area contributed by atoms with Crippen LogP contribution >= 0.6 is 0 Å². The minimum Gasteiger partial charge on any atom is -0.358 e. The lowest BCUT2D eigenvalue weighted by Crippen LogP contribution is -2.46. The van der Waals surface area contributed by atoms with Gasteiger partial charge in [0, 0.05) is 9.92 Å². The van der Waals surface area contributed by atoms with Crippen molar-refractivity contribution in [2.75, 3.05) is 0 Å². The topological polar surface area (TPSA) is 202 Å². The monoisotopic (exact) mass is 275 g/mol. The first-order valence-electron chi connectivity index (χ1n) is 4.12. The summed E-state index contributed by atoms with van der Waals surface area (Å²) in [5.74, 6) is -5.32. The Morgan fingerprint density at radius 3 is 1.74 bits per heavy atom. The van der Waals surface area contributed by atoms with E-state index in [1.165, 1.54) is 0 Å². The number of amidine groups is 1. The lowest BCUT2D eigenvalue weighted by Gasteiger charge is -2.07. The second-order valence-electron chi connectivity index (χ2n) is 2.97. The average Bonchev–Trinajstić information content (AvgIpc) is 2.25. The maximum absolute atomic E-state index is 11.4. The van der Waals surface area contributed by atoms with Crippen LogP contribution in [0.4, 0.5) is 0 Å². The lowest BCUT2D eigenvalue weighted by atomic mass is 10.1. The highest BCUT2D eigenvalue weighted by atomic mass is 16.7. The molecule has 1 unspecified atom stereocenters. The smallest absolute Gasteiger partial charge is 0.358 e. The molecule has 0 radical (unpaired) electrons. The van der Waals surface area contributed by atoms with E-state index in [0.717, 1.165) is 0 Å². The molecule has 0 aromatic heterocycles. The summed E-state index contributed by atoms with van der Waals surface area (Å²) in [4.78, 5) is 49.9. The Balaban J connectivity index is 3.63. The van der Waals surface area contributed by atoms with Gasteiger partial charge in [0.25, 0.3) is 0 Å². The van der Waals surface area contributed by atoms with Crippen molar-refractivity contribution in [3.8, 4) is 0 Å². The summed E-state index contributed by atoms with van der Waals surface area (Å²) in [5, 5.41) is 41.9. The number of ketones is 1. The molecule has 0 saturated heterocycles. The molecule has 19 heavy (non-hydrogen) atoms. The Kier molecular flexibility index (Phi) is 3.26. The summed E-state index contributed by atoms with van der Waals surface area (Å²) in [6.07, 6.45) is 0. The van der Waals surface area contributed by atoms with E-state index in [9.17, 15) is 45.3 Å². The molecular formula is C5HN5O9. The number of rotatable bonds is 3. The Bertz CT molecular complexity index is 588. The maximum Gasteiger partial charge on any atom is 0.451 e. The van der Waals surface area contributed by atoms with Crippen molar-refractivity contribution in [2.24, 2.45) is 4.99 Å². The standard InChI is InChI=1S/C5HN5O9/c11-3-1(7(12)13)4(9(16)17)6-5(10(18)19)2(3)8(14)15/h1H. The highest BCUT2D eigenvalue weighted by Gasteiger charge is 2.58. The van der Waals surface area contributed by atoms with E-state index >= 15 is 0 Å². The Labute approximate surface area is 100 Å². The molecule has 0 fully saturated rings. The van der Waals surface area contributed by atoms with E-state index in [1.807, 2.05) is 0 Å². The molecule has 0 spiro atoms. The molecular weight excluding hydrogens is 274 g/mol. The third-order valence-electron chi connectivity index (χ3n) is 1.91. The van der Waals surface area contributed by atoms with E-state index in [4.69, 9.17) is 0 Å². The van der Waals surface area contributed by atoms with Crippen LogP contribution in [-0.2, 0) is 4.79 Å². The Hall–Kier alpha value is -3.32. The van der Waals surface area contributed by atoms with Crippen LogP contribution in [0.15, 0.2) is 16.5 Å².